The lowest BCUT2D eigenvalue weighted by atomic mass is 9.95. The van der Waals surface area contributed by atoms with E-state index in [-0.39, 0.29) is 11.7 Å². The number of carbonyl (C=O) groups is 1. The van der Waals surface area contributed by atoms with Crippen molar-refractivity contribution in [3.63, 3.8) is 0 Å². The van der Waals surface area contributed by atoms with Gasteiger partial charge in [0, 0.05) is 24.3 Å². The maximum atomic E-state index is 12.8. The number of sulfonamides is 1. The van der Waals surface area contributed by atoms with Gasteiger partial charge in [-0.05, 0) is 31.5 Å². The zero-order valence-corrected chi connectivity index (χ0v) is 19.1. The van der Waals surface area contributed by atoms with Gasteiger partial charge in [0.25, 0.3) is 0 Å². The number of para-hydroxylation sites is 1. The number of nitrogens with zero attached hydrogens (tertiary/aromatic N) is 4. The number of ether oxygens (including phenoxy) is 1. The quantitative estimate of drug-likeness (QED) is 0.538. The van der Waals surface area contributed by atoms with Crippen LogP contribution in [0, 0.1) is 6.92 Å². The van der Waals surface area contributed by atoms with Gasteiger partial charge in [0.2, 0.25) is 15.9 Å². The van der Waals surface area contributed by atoms with Gasteiger partial charge in [-0.25, -0.2) is 17.9 Å². The van der Waals surface area contributed by atoms with E-state index in [4.69, 9.17) is 4.74 Å². The van der Waals surface area contributed by atoms with Gasteiger partial charge in [0.1, 0.15) is 12.2 Å². The number of hydrogen-bond donors (Lipinski definition) is 2. The summed E-state index contributed by atoms with van der Waals surface area (Å²) >= 11 is 0. The third-order valence-corrected chi connectivity index (χ3v) is 7.53. The first kappa shape index (κ1) is 21.8. The van der Waals surface area contributed by atoms with Gasteiger partial charge in [-0.3, -0.25) is 14.4 Å². The Labute approximate surface area is 192 Å². The number of amides is 1. The summed E-state index contributed by atoms with van der Waals surface area (Å²) in [5.41, 5.74) is 3.89. The molecule has 0 radical (unpaired) electrons. The Morgan fingerprint density at radius 2 is 2.03 bits per heavy atom. The summed E-state index contributed by atoms with van der Waals surface area (Å²) in [6.07, 6.45) is 3.55. The predicted molar refractivity (Wildman–Crippen MR) is 124 cm³/mol. The highest BCUT2D eigenvalue weighted by atomic mass is 32.2. The van der Waals surface area contributed by atoms with Crippen LogP contribution in [0.4, 0.5) is 11.4 Å². The molecular formula is C22H26N6O4S. The van der Waals surface area contributed by atoms with E-state index in [0.29, 0.717) is 48.6 Å². The van der Waals surface area contributed by atoms with Gasteiger partial charge in [-0.15, -0.1) is 0 Å². The molecule has 33 heavy (non-hydrogen) atoms. The molecule has 1 aromatic carbocycles. The van der Waals surface area contributed by atoms with Crippen LogP contribution in [0.1, 0.15) is 29.2 Å². The Morgan fingerprint density at radius 1 is 1.24 bits per heavy atom. The molecule has 0 spiro atoms. The molecular weight excluding hydrogens is 444 g/mol. The third-order valence-electron chi connectivity index (χ3n) is 6.18. The first-order valence-electron chi connectivity index (χ1n) is 11.0. The molecule has 0 saturated carbocycles. The standard InChI is InChI=1S/C22H26N6O4S/c1-15-18(26-33(30,31)12-4-7-27-8-10-32-11-9-27)13-28-21(15)20(23-14-24-28)19-16-5-2-3-6-17(16)25-22(19)29/h2-3,5-6,13-14,19,26H,4,7-12H2,1H3,(H,25,29). The molecule has 2 aliphatic heterocycles. The van der Waals surface area contributed by atoms with Crippen LogP contribution in [0.2, 0.25) is 0 Å². The first-order chi connectivity index (χ1) is 15.9. The lowest BCUT2D eigenvalue weighted by molar-refractivity contribution is -0.116. The molecule has 0 bridgehead atoms. The molecule has 1 saturated heterocycles. The van der Waals surface area contributed by atoms with E-state index in [1.54, 1.807) is 10.7 Å². The smallest absolute Gasteiger partial charge is 0.238 e. The zero-order valence-electron chi connectivity index (χ0n) is 18.3. The molecule has 2 aliphatic rings. The zero-order chi connectivity index (χ0) is 23.0. The Morgan fingerprint density at radius 3 is 2.85 bits per heavy atom. The number of fused-ring (bicyclic) bond motifs is 2. The Bertz CT molecular complexity index is 1300. The van der Waals surface area contributed by atoms with E-state index in [1.807, 2.05) is 31.2 Å². The van der Waals surface area contributed by atoms with Crippen LogP contribution >= 0.6 is 0 Å². The van der Waals surface area contributed by atoms with Crippen molar-refractivity contribution >= 4 is 32.8 Å². The van der Waals surface area contributed by atoms with Crippen molar-refractivity contribution in [2.75, 3.05) is 48.6 Å². The average molecular weight is 471 g/mol. The van der Waals surface area contributed by atoms with Crippen LogP contribution in [0.3, 0.4) is 0 Å². The molecule has 4 heterocycles. The van der Waals surface area contributed by atoms with Gasteiger partial charge >= 0.3 is 0 Å². The summed E-state index contributed by atoms with van der Waals surface area (Å²) in [7, 11) is -3.55. The number of morpholine rings is 1. The van der Waals surface area contributed by atoms with Crippen molar-refractivity contribution in [2.24, 2.45) is 0 Å². The van der Waals surface area contributed by atoms with E-state index in [9.17, 15) is 13.2 Å². The molecule has 1 amide bonds. The second-order valence-electron chi connectivity index (χ2n) is 8.34. The van der Waals surface area contributed by atoms with Crippen molar-refractivity contribution < 1.29 is 17.9 Å². The Kier molecular flexibility index (Phi) is 5.77. The van der Waals surface area contributed by atoms with Crippen LogP contribution in [0.5, 0.6) is 0 Å². The second-order valence-corrected chi connectivity index (χ2v) is 10.2. The minimum absolute atomic E-state index is 0.0208. The fraction of sp³-hybridized carbons (Fsp3) is 0.409. The highest BCUT2D eigenvalue weighted by molar-refractivity contribution is 7.92. The number of benzene rings is 1. The number of nitrogens with one attached hydrogen (secondary N) is 2. The molecule has 0 aliphatic carbocycles. The van der Waals surface area contributed by atoms with E-state index in [2.05, 4.69) is 25.0 Å². The van der Waals surface area contributed by atoms with Crippen molar-refractivity contribution in [1.29, 1.82) is 0 Å². The van der Waals surface area contributed by atoms with Crippen LogP contribution < -0.4 is 10.0 Å². The second kappa shape index (κ2) is 8.73. The monoisotopic (exact) mass is 470 g/mol. The number of aryl methyl sites for hydroxylation is 1. The molecule has 1 fully saturated rings. The van der Waals surface area contributed by atoms with Crippen LogP contribution in [-0.2, 0) is 19.6 Å². The maximum Gasteiger partial charge on any atom is 0.238 e. The summed E-state index contributed by atoms with van der Waals surface area (Å²) < 4.78 is 35.1. The van der Waals surface area contributed by atoms with Crippen molar-refractivity contribution in [1.82, 2.24) is 19.5 Å². The highest BCUT2D eigenvalue weighted by Gasteiger charge is 2.35. The van der Waals surface area contributed by atoms with Crippen molar-refractivity contribution in [3.05, 3.63) is 53.6 Å². The molecule has 1 unspecified atom stereocenters. The fourth-order valence-electron chi connectivity index (χ4n) is 4.50. The maximum absolute atomic E-state index is 12.8. The number of carbonyl (C=O) groups excluding carboxylic acids is 1. The molecule has 3 aromatic rings. The topological polar surface area (TPSA) is 118 Å². The van der Waals surface area contributed by atoms with Crippen molar-refractivity contribution in [2.45, 2.75) is 19.3 Å². The SMILES string of the molecule is Cc1c(NS(=O)(=O)CCCN2CCOCC2)cn2ncnc(C3C(=O)Nc4ccccc43)c12. The fourth-order valence-corrected chi connectivity index (χ4v) is 5.66. The summed E-state index contributed by atoms with van der Waals surface area (Å²) in [6.45, 7) is 5.57. The molecule has 10 nitrogen and oxygen atoms in total. The minimum Gasteiger partial charge on any atom is -0.379 e. The Balaban J connectivity index is 1.38. The molecule has 5 rings (SSSR count). The number of aromatic nitrogens is 3. The summed E-state index contributed by atoms with van der Waals surface area (Å²) in [6, 6.07) is 7.50. The van der Waals surface area contributed by atoms with Gasteiger partial charge in [-0.1, -0.05) is 18.2 Å². The summed E-state index contributed by atoms with van der Waals surface area (Å²) in [5, 5.41) is 7.14. The van der Waals surface area contributed by atoms with Gasteiger partial charge in [0.05, 0.1) is 42.1 Å². The largest absolute Gasteiger partial charge is 0.379 e. The first-order valence-corrected chi connectivity index (χ1v) is 12.6. The van der Waals surface area contributed by atoms with Gasteiger partial charge < -0.3 is 10.1 Å². The average Bonchev–Trinajstić information content (AvgIpc) is 3.30. The van der Waals surface area contributed by atoms with E-state index < -0.39 is 15.9 Å². The number of anilines is 2. The van der Waals surface area contributed by atoms with E-state index in [1.165, 1.54) is 6.33 Å². The third kappa shape index (κ3) is 4.31. The summed E-state index contributed by atoms with van der Waals surface area (Å²) in [5.74, 6) is -0.728. The molecule has 2 N–H and O–H groups in total. The summed E-state index contributed by atoms with van der Waals surface area (Å²) in [4.78, 5) is 19.4. The van der Waals surface area contributed by atoms with Crippen LogP contribution in [0.15, 0.2) is 36.8 Å². The van der Waals surface area contributed by atoms with Gasteiger partial charge in [0.15, 0.2) is 0 Å². The molecule has 174 valence electrons. The van der Waals surface area contributed by atoms with Crippen molar-refractivity contribution in [3.8, 4) is 0 Å². The lowest BCUT2D eigenvalue weighted by Gasteiger charge is -2.26. The normalized spacial score (nSPS) is 18.9. The van der Waals surface area contributed by atoms with E-state index in [0.717, 1.165) is 24.3 Å². The number of rotatable bonds is 7. The van der Waals surface area contributed by atoms with Crippen LogP contribution in [0.25, 0.3) is 5.52 Å². The number of hydrogen-bond acceptors (Lipinski definition) is 7. The molecule has 2 aromatic heterocycles. The Hall–Kier alpha value is -3.02. The van der Waals surface area contributed by atoms with Crippen LogP contribution in [-0.4, -0.2) is 72.4 Å². The molecule has 1 atom stereocenters. The van der Waals surface area contributed by atoms with E-state index >= 15 is 0 Å². The predicted octanol–water partition coefficient (Wildman–Crippen LogP) is 1.59. The lowest BCUT2D eigenvalue weighted by Crippen LogP contribution is -2.37. The van der Waals surface area contributed by atoms with Gasteiger partial charge in [-0.2, -0.15) is 5.10 Å². The minimum atomic E-state index is -3.55. The molecule has 11 heteroatoms. The highest BCUT2D eigenvalue weighted by Crippen LogP contribution is 2.39.